The topological polar surface area (TPSA) is 48.1 Å². The van der Waals surface area contributed by atoms with Gasteiger partial charge >= 0.3 is 0 Å². The number of benzene rings is 2. The number of nitro groups is 1. The van der Waals surface area contributed by atoms with E-state index < -0.39 is 0 Å². The van der Waals surface area contributed by atoms with Crippen LogP contribution in [0.25, 0.3) is 16.5 Å². The lowest BCUT2D eigenvalue weighted by atomic mass is 9.92. The Labute approximate surface area is 140 Å². The van der Waals surface area contributed by atoms with Gasteiger partial charge < -0.3 is 4.57 Å². The molecule has 0 aliphatic heterocycles. The number of fused-ring (bicyclic) bond motifs is 3. The highest BCUT2D eigenvalue weighted by Gasteiger charge is 2.36. The van der Waals surface area contributed by atoms with Crippen molar-refractivity contribution in [3.05, 3.63) is 81.5 Å². The predicted octanol–water partition coefficient (Wildman–Crippen LogP) is 4.81. The van der Waals surface area contributed by atoms with E-state index in [1.54, 1.807) is 12.1 Å². The molecule has 0 fully saturated rings. The number of aryl methyl sites for hydroxylation is 1. The van der Waals surface area contributed by atoms with Gasteiger partial charge in [-0.2, -0.15) is 0 Å². The van der Waals surface area contributed by atoms with Crippen molar-refractivity contribution < 1.29 is 4.92 Å². The van der Waals surface area contributed by atoms with E-state index in [4.69, 9.17) is 0 Å². The smallest absolute Gasteiger partial charge is 0.270 e. The third kappa shape index (κ3) is 1.92. The maximum absolute atomic E-state index is 11.2. The van der Waals surface area contributed by atoms with Crippen LogP contribution in [0.2, 0.25) is 0 Å². The predicted molar refractivity (Wildman–Crippen MR) is 96.1 cm³/mol. The van der Waals surface area contributed by atoms with E-state index in [2.05, 4.69) is 36.6 Å². The summed E-state index contributed by atoms with van der Waals surface area (Å²) < 4.78 is 2.17. The quantitative estimate of drug-likeness (QED) is 0.503. The monoisotopic (exact) mass is 318 g/mol. The van der Waals surface area contributed by atoms with E-state index in [0.717, 1.165) is 27.6 Å². The maximum atomic E-state index is 11.2. The minimum atomic E-state index is -0.329. The lowest BCUT2D eigenvalue weighted by Crippen LogP contribution is -2.15. The van der Waals surface area contributed by atoms with Gasteiger partial charge in [-0.3, -0.25) is 10.1 Å². The normalized spacial score (nSPS) is 15.4. The van der Waals surface area contributed by atoms with Gasteiger partial charge in [0, 0.05) is 46.8 Å². The summed E-state index contributed by atoms with van der Waals surface area (Å²) in [4.78, 5) is 10.9. The first-order valence-corrected chi connectivity index (χ1v) is 7.96. The molecule has 0 N–H and O–H groups in total. The van der Waals surface area contributed by atoms with Gasteiger partial charge in [0.05, 0.1) is 4.92 Å². The van der Waals surface area contributed by atoms with E-state index in [1.165, 1.54) is 5.69 Å². The highest BCUT2D eigenvalue weighted by Crippen LogP contribution is 2.48. The number of nitrogens with zero attached hydrogens (tertiary/aromatic N) is 2. The zero-order valence-corrected chi connectivity index (χ0v) is 13.9. The third-order valence-corrected chi connectivity index (χ3v) is 4.86. The first kappa shape index (κ1) is 14.7. The SMILES string of the molecule is Cn1c2c(c3cc([N+](=O)[O-])ccc31)C(c1ccccc1)=CC2(C)C. The molecule has 0 spiro atoms. The average molecular weight is 318 g/mol. The lowest BCUT2D eigenvalue weighted by Gasteiger charge is -2.18. The molecule has 0 unspecified atom stereocenters. The number of hydrogen-bond donors (Lipinski definition) is 0. The van der Waals surface area contributed by atoms with Crippen LogP contribution in [0.15, 0.2) is 54.6 Å². The van der Waals surface area contributed by atoms with Crippen molar-refractivity contribution in [2.75, 3.05) is 0 Å². The molecule has 1 aliphatic carbocycles. The molecular weight excluding hydrogens is 300 g/mol. The molecule has 2 aromatic carbocycles. The molecule has 0 saturated heterocycles. The molecule has 4 nitrogen and oxygen atoms in total. The van der Waals surface area contributed by atoms with Gasteiger partial charge in [0.15, 0.2) is 0 Å². The molecule has 24 heavy (non-hydrogen) atoms. The van der Waals surface area contributed by atoms with Gasteiger partial charge in [0.1, 0.15) is 0 Å². The number of non-ortho nitro benzene ring substituents is 1. The largest absolute Gasteiger partial charge is 0.346 e. The Morgan fingerprint density at radius 3 is 2.46 bits per heavy atom. The van der Waals surface area contributed by atoms with Crippen molar-refractivity contribution >= 4 is 22.2 Å². The van der Waals surface area contributed by atoms with Crippen molar-refractivity contribution in [3.63, 3.8) is 0 Å². The van der Waals surface area contributed by atoms with Crippen LogP contribution in [0.4, 0.5) is 5.69 Å². The van der Waals surface area contributed by atoms with Gasteiger partial charge in [-0.15, -0.1) is 0 Å². The van der Waals surface area contributed by atoms with Gasteiger partial charge in [-0.05, 0) is 17.2 Å². The van der Waals surface area contributed by atoms with Crippen LogP contribution >= 0.6 is 0 Å². The number of nitro benzene ring substituents is 1. The first-order valence-electron chi connectivity index (χ1n) is 7.96. The van der Waals surface area contributed by atoms with Crippen LogP contribution in [0.3, 0.4) is 0 Å². The van der Waals surface area contributed by atoms with E-state index in [1.807, 2.05) is 31.3 Å². The van der Waals surface area contributed by atoms with Crippen LogP contribution in [0, 0.1) is 10.1 Å². The average Bonchev–Trinajstić information content (AvgIpc) is 3.02. The molecule has 1 heterocycles. The number of rotatable bonds is 2. The molecule has 4 rings (SSSR count). The minimum absolute atomic E-state index is 0.122. The van der Waals surface area contributed by atoms with E-state index in [9.17, 15) is 10.1 Å². The summed E-state index contributed by atoms with van der Waals surface area (Å²) in [5, 5.41) is 12.2. The summed E-state index contributed by atoms with van der Waals surface area (Å²) in [5.41, 5.74) is 5.66. The fourth-order valence-electron chi connectivity index (χ4n) is 3.92. The molecule has 1 aliphatic rings. The Hall–Kier alpha value is -2.88. The van der Waals surface area contributed by atoms with Gasteiger partial charge in [-0.25, -0.2) is 0 Å². The maximum Gasteiger partial charge on any atom is 0.270 e. The summed E-state index contributed by atoms with van der Waals surface area (Å²) in [6, 6.07) is 15.4. The van der Waals surface area contributed by atoms with Gasteiger partial charge in [0.25, 0.3) is 5.69 Å². The Balaban J connectivity index is 2.09. The molecule has 0 amide bonds. The molecule has 4 heteroatoms. The molecule has 120 valence electrons. The number of hydrogen-bond acceptors (Lipinski definition) is 2. The van der Waals surface area contributed by atoms with Gasteiger partial charge in [0.2, 0.25) is 0 Å². The second-order valence-corrected chi connectivity index (χ2v) is 6.89. The second kappa shape index (κ2) is 4.81. The van der Waals surface area contributed by atoms with Gasteiger partial charge in [-0.1, -0.05) is 50.3 Å². The van der Waals surface area contributed by atoms with Crippen LogP contribution in [-0.2, 0) is 12.5 Å². The van der Waals surface area contributed by atoms with Crippen LogP contribution < -0.4 is 0 Å². The van der Waals surface area contributed by atoms with Crippen LogP contribution in [0.1, 0.15) is 30.7 Å². The van der Waals surface area contributed by atoms with E-state index in [-0.39, 0.29) is 16.0 Å². The Kier molecular flexibility index (Phi) is 2.94. The summed E-state index contributed by atoms with van der Waals surface area (Å²) >= 11 is 0. The number of aromatic nitrogens is 1. The number of allylic oxidation sites excluding steroid dienone is 1. The fourth-order valence-corrected chi connectivity index (χ4v) is 3.92. The molecule has 0 bridgehead atoms. The zero-order chi connectivity index (χ0) is 17.1. The summed E-state index contributed by atoms with van der Waals surface area (Å²) in [6.07, 6.45) is 2.27. The summed E-state index contributed by atoms with van der Waals surface area (Å²) in [6.45, 7) is 4.38. The first-order chi connectivity index (χ1) is 11.4. The van der Waals surface area contributed by atoms with Crippen LogP contribution in [-0.4, -0.2) is 9.49 Å². The Bertz CT molecular complexity index is 1010. The molecule has 0 atom stereocenters. The van der Waals surface area contributed by atoms with Crippen molar-refractivity contribution in [2.45, 2.75) is 19.3 Å². The van der Waals surface area contributed by atoms with Crippen molar-refractivity contribution in [1.29, 1.82) is 0 Å². The van der Waals surface area contributed by atoms with Crippen LogP contribution in [0.5, 0.6) is 0 Å². The van der Waals surface area contributed by atoms with E-state index >= 15 is 0 Å². The summed E-state index contributed by atoms with van der Waals surface area (Å²) in [5.74, 6) is 0. The molecule has 0 saturated carbocycles. The minimum Gasteiger partial charge on any atom is -0.346 e. The molecular formula is C20H18N2O2. The fraction of sp³-hybridized carbons (Fsp3) is 0.200. The van der Waals surface area contributed by atoms with Crippen molar-refractivity contribution in [3.8, 4) is 0 Å². The second-order valence-electron chi connectivity index (χ2n) is 6.89. The standard InChI is InChI=1S/C20H18N2O2/c1-20(2)12-16(13-7-5-4-6-8-13)18-15-11-14(22(23)24)9-10-17(15)21(3)19(18)20/h4-12H,1-3H3. The molecule has 1 aromatic heterocycles. The third-order valence-electron chi connectivity index (χ3n) is 4.86. The van der Waals surface area contributed by atoms with E-state index in [0.29, 0.717) is 0 Å². The molecule has 3 aromatic rings. The van der Waals surface area contributed by atoms with Crippen molar-refractivity contribution in [2.24, 2.45) is 7.05 Å². The Morgan fingerprint density at radius 2 is 1.79 bits per heavy atom. The highest BCUT2D eigenvalue weighted by atomic mass is 16.6. The highest BCUT2D eigenvalue weighted by molar-refractivity contribution is 6.02. The lowest BCUT2D eigenvalue weighted by molar-refractivity contribution is -0.384. The molecule has 0 radical (unpaired) electrons. The Morgan fingerprint density at radius 1 is 1.08 bits per heavy atom. The zero-order valence-electron chi connectivity index (χ0n) is 13.9. The summed E-state index contributed by atoms with van der Waals surface area (Å²) in [7, 11) is 2.04. The van der Waals surface area contributed by atoms with Crippen molar-refractivity contribution in [1.82, 2.24) is 4.57 Å².